The lowest BCUT2D eigenvalue weighted by Crippen LogP contribution is -2.39. The van der Waals surface area contributed by atoms with E-state index in [4.69, 9.17) is 9.47 Å². The third-order valence-electron chi connectivity index (χ3n) is 4.28. The summed E-state index contributed by atoms with van der Waals surface area (Å²) in [6, 6.07) is 0.0880. The van der Waals surface area contributed by atoms with E-state index in [1.807, 2.05) is 20.8 Å². The maximum absolute atomic E-state index is 12.1. The normalized spacial score (nSPS) is 21.7. The molecule has 1 fully saturated rings. The first-order valence-corrected chi connectivity index (χ1v) is 8.19. The summed E-state index contributed by atoms with van der Waals surface area (Å²) in [6.07, 6.45) is 0.969. The Morgan fingerprint density at radius 1 is 1.48 bits per heavy atom. The molecule has 0 radical (unpaired) electrons. The van der Waals surface area contributed by atoms with Crippen LogP contribution in [0.2, 0.25) is 0 Å². The number of methoxy groups -OCH3 is 1. The SMILES string of the molecule is CCOCCNC(=O)CN1C[C@H](OC)C[C@H]1c1nc(C)c(C)[nH]1. The van der Waals surface area contributed by atoms with Gasteiger partial charge in [-0.25, -0.2) is 4.98 Å². The van der Waals surface area contributed by atoms with Crippen molar-refractivity contribution in [1.82, 2.24) is 20.2 Å². The topological polar surface area (TPSA) is 79.5 Å². The number of hydrogen-bond donors (Lipinski definition) is 2. The van der Waals surface area contributed by atoms with Gasteiger partial charge in [0.2, 0.25) is 5.91 Å². The predicted octanol–water partition coefficient (Wildman–Crippen LogP) is 0.941. The molecule has 2 atom stereocenters. The molecule has 23 heavy (non-hydrogen) atoms. The zero-order valence-corrected chi connectivity index (χ0v) is 14.5. The lowest BCUT2D eigenvalue weighted by molar-refractivity contribution is -0.122. The number of likely N-dealkylation sites (tertiary alicyclic amines) is 1. The number of amides is 1. The summed E-state index contributed by atoms with van der Waals surface area (Å²) in [4.78, 5) is 22.2. The van der Waals surface area contributed by atoms with Crippen molar-refractivity contribution in [3.05, 3.63) is 17.2 Å². The minimum absolute atomic E-state index is 0.00598. The number of H-pyrrole nitrogens is 1. The number of nitrogens with one attached hydrogen (secondary N) is 2. The fourth-order valence-electron chi connectivity index (χ4n) is 2.87. The van der Waals surface area contributed by atoms with Gasteiger partial charge >= 0.3 is 0 Å². The average molecular weight is 324 g/mol. The summed E-state index contributed by atoms with van der Waals surface area (Å²) in [7, 11) is 1.71. The molecular weight excluding hydrogens is 296 g/mol. The molecule has 0 spiro atoms. The molecule has 7 heteroatoms. The van der Waals surface area contributed by atoms with Gasteiger partial charge in [0.25, 0.3) is 0 Å². The van der Waals surface area contributed by atoms with E-state index in [9.17, 15) is 4.79 Å². The first kappa shape index (κ1) is 17.9. The number of aromatic nitrogens is 2. The number of rotatable bonds is 8. The Labute approximate surface area is 137 Å². The van der Waals surface area contributed by atoms with E-state index >= 15 is 0 Å². The van der Waals surface area contributed by atoms with Gasteiger partial charge in [0.05, 0.1) is 31.0 Å². The van der Waals surface area contributed by atoms with Crippen LogP contribution in [0.4, 0.5) is 0 Å². The van der Waals surface area contributed by atoms with Crippen LogP contribution in [0.15, 0.2) is 0 Å². The zero-order chi connectivity index (χ0) is 16.8. The molecule has 2 N–H and O–H groups in total. The number of carbonyl (C=O) groups excluding carboxylic acids is 1. The third-order valence-corrected chi connectivity index (χ3v) is 4.28. The molecule has 130 valence electrons. The smallest absolute Gasteiger partial charge is 0.234 e. The Bertz CT molecular complexity index is 498. The van der Waals surface area contributed by atoms with E-state index in [2.05, 4.69) is 20.2 Å². The molecule has 0 bridgehead atoms. The Morgan fingerprint density at radius 2 is 2.26 bits per heavy atom. The number of ether oxygens (including phenoxy) is 2. The average Bonchev–Trinajstić information content (AvgIpc) is 3.07. The summed E-state index contributed by atoms with van der Waals surface area (Å²) >= 11 is 0. The van der Waals surface area contributed by atoms with Crippen molar-refractivity contribution in [3.8, 4) is 0 Å². The van der Waals surface area contributed by atoms with Crippen molar-refractivity contribution in [1.29, 1.82) is 0 Å². The van der Waals surface area contributed by atoms with Crippen LogP contribution in [0.3, 0.4) is 0 Å². The maximum atomic E-state index is 12.1. The molecule has 1 aromatic rings. The standard InChI is InChI=1S/C16H28N4O3/c1-5-23-7-6-17-15(21)10-20-9-13(22-4)8-14(20)16-18-11(2)12(3)19-16/h13-14H,5-10H2,1-4H3,(H,17,21)(H,18,19)/t13-,14+/m1/s1. The molecule has 1 amide bonds. The Hall–Kier alpha value is -1.44. The Balaban J connectivity index is 1.95. The summed E-state index contributed by atoms with van der Waals surface area (Å²) in [5, 5.41) is 2.89. The van der Waals surface area contributed by atoms with E-state index in [0.717, 1.165) is 30.2 Å². The van der Waals surface area contributed by atoms with Crippen LogP contribution >= 0.6 is 0 Å². The second-order valence-electron chi connectivity index (χ2n) is 5.92. The molecule has 2 heterocycles. The Kier molecular flexibility index (Phi) is 6.56. The maximum Gasteiger partial charge on any atom is 0.234 e. The molecule has 7 nitrogen and oxygen atoms in total. The summed E-state index contributed by atoms with van der Waals surface area (Å²) < 4.78 is 10.7. The number of carbonyl (C=O) groups is 1. The molecule has 0 unspecified atom stereocenters. The Morgan fingerprint density at radius 3 is 2.87 bits per heavy atom. The lowest BCUT2D eigenvalue weighted by Gasteiger charge is -2.21. The van der Waals surface area contributed by atoms with Gasteiger partial charge in [0.1, 0.15) is 5.82 Å². The second-order valence-corrected chi connectivity index (χ2v) is 5.92. The van der Waals surface area contributed by atoms with Crippen LogP contribution in [0.25, 0.3) is 0 Å². The molecule has 0 aromatic carbocycles. The number of aryl methyl sites for hydroxylation is 2. The molecule has 2 rings (SSSR count). The van der Waals surface area contributed by atoms with Gasteiger partial charge in [-0.2, -0.15) is 0 Å². The minimum atomic E-state index is 0.00598. The van der Waals surface area contributed by atoms with Gasteiger partial charge in [0.15, 0.2) is 0 Å². The highest BCUT2D eigenvalue weighted by molar-refractivity contribution is 5.78. The molecule has 0 saturated carbocycles. The fourth-order valence-corrected chi connectivity index (χ4v) is 2.87. The predicted molar refractivity (Wildman–Crippen MR) is 87.3 cm³/mol. The third kappa shape index (κ3) is 4.76. The highest BCUT2D eigenvalue weighted by atomic mass is 16.5. The zero-order valence-electron chi connectivity index (χ0n) is 14.5. The number of imidazole rings is 1. The first-order valence-electron chi connectivity index (χ1n) is 8.19. The van der Waals surface area contributed by atoms with Gasteiger partial charge in [-0.05, 0) is 27.2 Å². The highest BCUT2D eigenvalue weighted by Gasteiger charge is 2.36. The van der Waals surface area contributed by atoms with E-state index in [0.29, 0.717) is 26.3 Å². The monoisotopic (exact) mass is 324 g/mol. The van der Waals surface area contributed by atoms with Crippen molar-refractivity contribution >= 4 is 5.91 Å². The van der Waals surface area contributed by atoms with E-state index < -0.39 is 0 Å². The van der Waals surface area contributed by atoms with Crippen LogP contribution in [0.5, 0.6) is 0 Å². The molecule has 0 aliphatic carbocycles. The lowest BCUT2D eigenvalue weighted by atomic mass is 10.2. The molecular formula is C16H28N4O3. The number of hydrogen-bond acceptors (Lipinski definition) is 5. The van der Waals surface area contributed by atoms with E-state index in [-0.39, 0.29) is 18.1 Å². The fraction of sp³-hybridized carbons (Fsp3) is 0.750. The second kappa shape index (κ2) is 8.42. The van der Waals surface area contributed by atoms with Crippen LogP contribution in [-0.4, -0.2) is 66.8 Å². The van der Waals surface area contributed by atoms with Crippen molar-refractivity contribution in [3.63, 3.8) is 0 Å². The van der Waals surface area contributed by atoms with Gasteiger partial charge in [-0.15, -0.1) is 0 Å². The summed E-state index contributed by atoms with van der Waals surface area (Å²) in [5.74, 6) is 0.924. The first-order chi connectivity index (χ1) is 11.0. The molecule has 1 saturated heterocycles. The van der Waals surface area contributed by atoms with Crippen molar-refractivity contribution in [2.75, 3.05) is 40.0 Å². The highest BCUT2D eigenvalue weighted by Crippen LogP contribution is 2.31. The van der Waals surface area contributed by atoms with E-state index in [1.165, 1.54) is 0 Å². The van der Waals surface area contributed by atoms with Crippen molar-refractivity contribution < 1.29 is 14.3 Å². The minimum Gasteiger partial charge on any atom is -0.380 e. The quantitative estimate of drug-likeness (QED) is 0.696. The van der Waals surface area contributed by atoms with Crippen molar-refractivity contribution in [2.45, 2.75) is 39.3 Å². The number of aromatic amines is 1. The van der Waals surface area contributed by atoms with Gasteiger partial charge in [-0.3, -0.25) is 9.69 Å². The summed E-state index contributed by atoms with van der Waals surface area (Å²) in [6.45, 7) is 8.77. The van der Waals surface area contributed by atoms with Crippen LogP contribution in [0.1, 0.15) is 36.6 Å². The molecule has 1 aromatic heterocycles. The van der Waals surface area contributed by atoms with Crippen molar-refractivity contribution in [2.24, 2.45) is 0 Å². The van der Waals surface area contributed by atoms with Crippen LogP contribution in [-0.2, 0) is 14.3 Å². The van der Waals surface area contributed by atoms with E-state index in [1.54, 1.807) is 7.11 Å². The van der Waals surface area contributed by atoms with Gasteiger partial charge < -0.3 is 19.8 Å². The number of nitrogens with zero attached hydrogens (tertiary/aromatic N) is 2. The van der Waals surface area contributed by atoms with Crippen LogP contribution < -0.4 is 5.32 Å². The van der Waals surface area contributed by atoms with Crippen LogP contribution in [0, 0.1) is 13.8 Å². The van der Waals surface area contributed by atoms with Gasteiger partial charge in [-0.1, -0.05) is 0 Å². The largest absolute Gasteiger partial charge is 0.380 e. The summed E-state index contributed by atoms with van der Waals surface area (Å²) in [5.41, 5.74) is 2.07. The van der Waals surface area contributed by atoms with Gasteiger partial charge in [0, 0.05) is 32.5 Å². The molecule has 1 aliphatic rings. The molecule has 1 aliphatic heterocycles.